The Balaban J connectivity index is 2.69. The zero-order valence-corrected chi connectivity index (χ0v) is 8.78. The maximum atomic E-state index is 11.0. The number of primary amides is 1. The fourth-order valence-electron chi connectivity index (χ4n) is 1.71. The maximum Gasteiger partial charge on any atom is 0.284 e. The van der Waals surface area contributed by atoms with E-state index in [0.717, 1.165) is 11.0 Å². The van der Waals surface area contributed by atoms with Crippen LogP contribution in [0, 0.1) is 0 Å². The molecule has 1 amide bonds. The van der Waals surface area contributed by atoms with Crippen molar-refractivity contribution in [3.05, 3.63) is 35.6 Å². The van der Waals surface area contributed by atoms with Crippen LogP contribution in [0.3, 0.4) is 0 Å². The first kappa shape index (κ1) is 9.77. The summed E-state index contributed by atoms with van der Waals surface area (Å²) in [6.07, 6.45) is 0. The van der Waals surface area contributed by atoms with E-state index in [1.807, 2.05) is 18.2 Å². The predicted octanol–water partition coefficient (Wildman–Crippen LogP) is 2.66. The average Bonchev–Trinajstić information content (AvgIpc) is 2.60. The minimum atomic E-state index is -0.527. The van der Waals surface area contributed by atoms with Crippen LogP contribution in [0.15, 0.2) is 28.7 Å². The van der Waals surface area contributed by atoms with E-state index in [-0.39, 0.29) is 5.76 Å². The standard InChI is InChI=1S/C12H13NO2/c1-7(2)8-4-3-5-10-9(8)6-11(15-10)12(13)14/h3-7H,1-2H3,(H2,13,14). The molecule has 3 heteroatoms. The molecule has 1 aromatic carbocycles. The molecule has 3 nitrogen and oxygen atoms in total. The Bertz CT molecular complexity index is 511. The van der Waals surface area contributed by atoms with Gasteiger partial charge in [0.1, 0.15) is 5.58 Å². The van der Waals surface area contributed by atoms with Crippen LogP contribution < -0.4 is 5.73 Å². The van der Waals surface area contributed by atoms with Gasteiger partial charge in [0, 0.05) is 5.39 Å². The largest absolute Gasteiger partial charge is 0.451 e. The van der Waals surface area contributed by atoms with Crippen molar-refractivity contribution in [3.63, 3.8) is 0 Å². The molecule has 15 heavy (non-hydrogen) atoms. The Kier molecular flexibility index (Phi) is 2.23. The van der Waals surface area contributed by atoms with E-state index in [4.69, 9.17) is 10.2 Å². The summed E-state index contributed by atoms with van der Waals surface area (Å²) >= 11 is 0. The fourth-order valence-corrected chi connectivity index (χ4v) is 1.71. The van der Waals surface area contributed by atoms with Crippen molar-refractivity contribution in [2.45, 2.75) is 19.8 Å². The summed E-state index contributed by atoms with van der Waals surface area (Å²) in [6.45, 7) is 4.21. The van der Waals surface area contributed by atoms with Crippen molar-refractivity contribution >= 4 is 16.9 Å². The number of carbonyl (C=O) groups excluding carboxylic acids is 1. The van der Waals surface area contributed by atoms with Crippen LogP contribution in [0.4, 0.5) is 0 Å². The second-order valence-corrected chi connectivity index (χ2v) is 3.89. The van der Waals surface area contributed by atoms with Gasteiger partial charge >= 0.3 is 0 Å². The highest BCUT2D eigenvalue weighted by Gasteiger charge is 2.12. The molecule has 0 aliphatic rings. The third-order valence-corrected chi connectivity index (χ3v) is 2.46. The lowest BCUT2D eigenvalue weighted by atomic mass is 9.99. The minimum Gasteiger partial charge on any atom is -0.451 e. The van der Waals surface area contributed by atoms with Crippen molar-refractivity contribution in [2.75, 3.05) is 0 Å². The zero-order chi connectivity index (χ0) is 11.0. The van der Waals surface area contributed by atoms with Gasteiger partial charge < -0.3 is 10.2 Å². The summed E-state index contributed by atoms with van der Waals surface area (Å²) in [5, 5.41) is 0.973. The van der Waals surface area contributed by atoms with E-state index in [0.29, 0.717) is 5.92 Å². The molecule has 0 bridgehead atoms. The number of amides is 1. The van der Waals surface area contributed by atoms with Gasteiger partial charge in [-0.3, -0.25) is 4.79 Å². The molecule has 2 rings (SSSR count). The van der Waals surface area contributed by atoms with Gasteiger partial charge in [-0.25, -0.2) is 0 Å². The highest BCUT2D eigenvalue weighted by atomic mass is 16.3. The second kappa shape index (κ2) is 3.42. The number of hydrogen-bond donors (Lipinski definition) is 1. The lowest BCUT2D eigenvalue weighted by Crippen LogP contribution is -2.09. The van der Waals surface area contributed by atoms with Gasteiger partial charge in [-0.15, -0.1) is 0 Å². The van der Waals surface area contributed by atoms with Crippen LogP contribution in [0.5, 0.6) is 0 Å². The molecule has 1 aromatic heterocycles. The van der Waals surface area contributed by atoms with E-state index in [9.17, 15) is 4.79 Å². The highest BCUT2D eigenvalue weighted by molar-refractivity contribution is 5.96. The topological polar surface area (TPSA) is 56.2 Å². The summed E-state index contributed by atoms with van der Waals surface area (Å²) in [5.41, 5.74) is 7.06. The molecule has 0 fully saturated rings. The molecular formula is C12H13NO2. The molecule has 0 saturated heterocycles. The van der Waals surface area contributed by atoms with Crippen LogP contribution in [0.1, 0.15) is 35.9 Å². The molecular weight excluding hydrogens is 190 g/mol. The van der Waals surface area contributed by atoms with Crippen LogP contribution in [-0.4, -0.2) is 5.91 Å². The number of furan rings is 1. The number of hydrogen-bond acceptors (Lipinski definition) is 2. The third-order valence-electron chi connectivity index (χ3n) is 2.46. The molecule has 0 atom stereocenters. The Labute approximate surface area is 87.9 Å². The number of fused-ring (bicyclic) bond motifs is 1. The van der Waals surface area contributed by atoms with Gasteiger partial charge in [-0.05, 0) is 23.6 Å². The van der Waals surface area contributed by atoms with E-state index in [1.54, 1.807) is 6.07 Å². The number of rotatable bonds is 2. The molecule has 2 N–H and O–H groups in total. The Morgan fingerprint density at radius 1 is 1.40 bits per heavy atom. The SMILES string of the molecule is CC(C)c1cccc2oc(C(N)=O)cc12. The van der Waals surface area contributed by atoms with Crippen LogP contribution in [0.2, 0.25) is 0 Å². The first-order chi connectivity index (χ1) is 7.09. The molecule has 0 saturated carbocycles. The number of benzene rings is 1. The van der Waals surface area contributed by atoms with Crippen molar-refractivity contribution < 1.29 is 9.21 Å². The molecule has 0 unspecified atom stereocenters. The lowest BCUT2D eigenvalue weighted by molar-refractivity contribution is 0.0976. The lowest BCUT2D eigenvalue weighted by Gasteiger charge is -2.04. The predicted molar refractivity (Wildman–Crippen MR) is 58.8 cm³/mol. The summed E-state index contributed by atoms with van der Waals surface area (Å²) in [6, 6.07) is 7.51. The Morgan fingerprint density at radius 2 is 2.13 bits per heavy atom. The maximum absolute atomic E-state index is 11.0. The van der Waals surface area contributed by atoms with Gasteiger partial charge in [0.25, 0.3) is 5.91 Å². The summed E-state index contributed by atoms with van der Waals surface area (Å²) in [5.74, 6) is 0.0889. The van der Waals surface area contributed by atoms with Crippen LogP contribution in [-0.2, 0) is 0 Å². The van der Waals surface area contributed by atoms with Gasteiger partial charge in [0.05, 0.1) is 0 Å². The van der Waals surface area contributed by atoms with Gasteiger partial charge in [0.2, 0.25) is 0 Å². The molecule has 2 aromatic rings. The van der Waals surface area contributed by atoms with E-state index < -0.39 is 5.91 Å². The van der Waals surface area contributed by atoms with E-state index in [2.05, 4.69) is 13.8 Å². The van der Waals surface area contributed by atoms with Gasteiger partial charge in [-0.2, -0.15) is 0 Å². The Morgan fingerprint density at radius 3 is 2.73 bits per heavy atom. The Hall–Kier alpha value is -1.77. The normalized spacial score (nSPS) is 11.1. The smallest absolute Gasteiger partial charge is 0.284 e. The summed E-state index contributed by atoms with van der Waals surface area (Å²) in [7, 11) is 0. The molecule has 1 heterocycles. The van der Waals surface area contributed by atoms with Gasteiger partial charge in [0.15, 0.2) is 5.76 Å². The molecule has 0 radical (unpaired) electrons. The number of nitrogens with two attached hydrogens (primary N) is 1. The zero-order valence-electron chi connectivity index (χ0n) is 8.78. The number of carbonyl (C=O) groups is 1. The van der Waals surface area contributed by atoms with E-state index in [1.165, 1.54) is 5.56 Å². The third kappa shape index (κ3) is 1.61. The highest BCUT2D eigenvalue weighted by Crippen LogP contribution is 2.27. The second-order valence-electron chi connectivity index (χ2n) is 3.89. The van der Waals surface area contributed by atoms with Crippen molar-refractivity contribution in [3.8, 4) is 0 Å². The first-order valence-electron chi connectivity index (χ1n) is 4.92. The van der Waals surface area contributed by atoms with Crippen molar-refractivity contribution in [1.82, 2.24) is 0 Å². The first-order valence-corrected chi connectivity index (χ1v) is 4.92. The summed E-state index contributed by atoms with van der Waals surface area (Å²) < 4.78 is 5.35. The quantitative estimate of drug-likeness (QED) is 0.815. The summed E-state index contributed by atoms with van der Waals surface area (Å²) in [4.78, 5) is 11.0. The monoisotopic (exact) mass is 203 g/mol. The molecule has 0 aliphatic heterocycles. The average molecular weight is 203 g/mol. The molecule has 0 aliphatic carbocycles. The minimum absolute atomic E-state index is 0.220. The van der Waals surface area contributed by atoms with Crippen LogP contribution >= 0.6 is 0 Å². The van der Waals surface area contributed by atoms with Gasteiger partial charge in [-0.1, -0.05) is 26.0 Å². The molecule has 0 spiro atoms. The van der Waals surface area contributed by atoms with Crippen molar-refractivity contribution in [2.24, 2.45) is 5.73 Å². The molecule has 78 valence electrons. The fraction of sp³-hybridized carbons (Fsp3) is 0.250. The van der Waals surface area contributed by atoms with Crippen LogP contribution in [0.25, 0.3) is 11.0 Å². The van der Waals surface area contributed by atoms with E-state index >= 15 is 0 Å². The van der Waals surface area contributed by atoms with Crippen molar-refractivity contribution in [1.29, 1.82) is 0 Å².